The Balaban J connectivity index is 2.47. The molecule has 0 amide bonds. The zero-order valence-electron chi connectivity index (χ0n) is 12.0. The van der Waals surface area contributed by atoms with Crippen LogP contribution in [-0.2, 0) is 12.7 Å². The van der Waals surface area contributed by atoms with Crippen LogP contribution in [0, 0.1) is 0 Å². The molecule has 0 radical (unpaired) electrons. The Morgan fingerprint density at radius 3 is 2.42 bits per heavy atom. The topological polar surface area (TPSA) is 12.0 Å². The molecule has 1 atom stereocenters. The second kappa shape index (κ2) is 5.01. The molecule has 1 N–H and O–H groups in total. The van der Waals surface area contributed by atoms with Crippen molar-refractivity contribution in [3.05, 3.63) is 41.5 Å². The van der Waals surface area contributed by atoms with E-state index < -0.39 is 20.1 Å². The number of hydrogen-bond donors (Lipinski definition) is 1. The molecule has 0 saturated carbocycles. The molecule has 0 saturated heterocycles. The number of fused-ring (bicyclic) bond motifs is 1. The number of halogens is 2. The van der Waals surface area contributed by atoms with Gasteiger partial charge in [-0.15, -0.1) is 0 Å². The van der Waals surface area contributed by atoms with Crippen molar-refractivity contribution in [3.8, 4) is 0 Å². The van der Waals surface area contributed by atoms with Gasteiger partial charge in [-0.3, -0.25) is 0 Å². The molecule has 0 heterocycles. The summed E-state index contributed by atoms with van der Waals surface area (Å²) < 4.78 is 3.88. The van der Waals surface area contributed by atoms with Crippen LogP contribution in [0.3, 0.4) is 0 Å². The van der Waals surface area contributed by atoms with Gasteiger partial charge in [-0.05, 0) is 0 Å². The van der Waals surface area contributed by atoms with Crippen molar-refractivity contribution in [2.24, 2.45) is 0 Å². The Labute approximate surface area is 126 Å². The Morgan fingerprint density at radius 1 is 1.21 bits per heavy atom. The summed E-state index contributed by atoms with van der Waals surface area (Å²) in [6.07, 6.45) is 4.39. The fraction of sp³-hybridized carbons (Fsp3) is 0.429. The van der Waals surface area contributed by atoms with E-state index in [-0.39, 0.29) is 9.76 Å². The molecule has 2 rings (SSSR count). The number of allylic oxidation sites excluding steroid dienone is 1. The molecule has 1 aliphatic carbocycles. The van der Waals surface area contributed by atoms with Gasteiger partial charge in [0.25, 0.3) is 0 Å². The molecule has 1 aromatic carbocycles. The molecule has 0 bridgehead atoms. The van der Waals surface area contributed by atoms with E-state index in [2.05, 4.69) is 67.5 Å². The van der Waals surface area contributed by atoms with E-state index in [4.69, 9.17) is 18.6 Å². The van der Waals surface area contributed by atoms with Crippen molar-refractivity contribution >= 4 is 32.1 Å². The normalized spacial score (nSPS) is 21.6. The van der Waals surface area contributed by atoms with Gasteiger partial charge in [0.2, 0.25) is 0 Å². The van der Waals surface area contributed by atoms with Gasteiger partial charge in [0.15, 0.2) is 0 Å². The second-order valence-corrected chi connectivity index (χ2v) is 33.5. The van der Waals surface area contributed by atoms with Gasteiger partial charge in [-0.25, -0.2) is 0 Å². The number of benzene rings is 1. The summed E-state index contributed by atoms with van der Waals surface area (Å²) >= 11 is -3.69. The van der Waals surface area contributed by atoms with Crippen molar-refractivity contribution in [2.45, 2.75) is 37.1 Å². The van der Waals surface area contributed by atoms with Crippen molar-refractivity contribution in [1.29, 1.82) is 0 Å². The molecular formula is C14H22Cl2NSiTi. The van der Waals surface area contributed by atoms with Gasteiger partial charge >= 0.3 is 127 Å². The SMILES string of the molecule is C[SiH2][Ti]([Cl])([Cl])([NH]C(C)(C)C)[CH]1C=Cc2ccccc21. The average molecular weight is 351 g/mol. The standard InChI is InChI=1S/C9H7.C4H10N.CH5Si.2ClH.Ti/c1-2-5-9-7-3-6-8(9)4-1;1-4(2,3)5;1-2;;;/h1-7H;5H,1-3H3;2H2,1H3;2*1H;/q;-1;;;;+3/p-2. The summed E-state index contributed by atoms with van der Waals surface area (Å²) in [6.45, 7) is 8.68. The first-order valence-corrected chi connectivity index (χ1v) is 18.2. The molecule has 105 valence electrons. The van der Waals surface area contributed by atoms with Crippen LogP contribution in [0.4, 0.5) is 0 Å². The Hall–Kier alpha value is 0.431. The summed E-state index contributed by atoms with van der Waals surface area (Å²) in [5.74, 6) is 0. The van der Waals surface area contributed by atoms with Crippen LogP contribution in [0.15, 0.2) is 30.3 Å². The quantitative estimate of drug-likeness (QED) is 0.806. The van der Waals surface area contributed by atoms with E-state index >= 15 is 0 Å². The Morgan fingerprint density at radius 2 is 1.84 bits per heavy atom. The Bertz CT molecular complexity index is 522. The van der Waals surface area contributed by atoms with Crippen molar-refractivity contribution < 1.29 is 12.7 Å². The van der Waals surface area contributed by atoms with Crippen LogP contribution in [0.5, 0.6) is 0 Å². The summed E-state index contributed by atoms with van der Waals surface area (Å²) in [5, 5.41) is 0. The number of rotatable bonds is 3. The van der Waals surface area contributed by atoms with Gasteiger partial charge in [-0.2, -0.15) is 0 Å². The zero-order valence-corrected chi connectivity index (χ0v) is 16.5. The third-order valence-electron chi connectivity index (χ3n) is 3.69. The van der Waals surface area contributed by atoms with Gasteiger partial charge < -0.3 is 0 Å². The first-order chi connectivity index (χ1) is 8.65. The predicted octanol–water partition coefficient (Wildman–Crippen LogP) is 4.19. The summed E-state index contributed by atoms with van der Waals surface area (Å²) in [5.41, 5.74) is 2.52. The molecule has 19 heavy (non-hydrogen) atoms. The van der Waals surface area contributed by atoms with Gasteiger partial charge in [-0.1, -0.05) is 0 Å². The van der Waals surface area contributed by atoms with E-state index in [0.29, 0.717) is 0 Å². The maximum absolute atomic E-state index is 7.15. The van der Waals surface area contributed by atoms with Crippen LogP contribution in [0.1, 0.15) is 36.1 Å². The van der Waals surface area contributed by atoms with Gasteiger partial charge in [0.1, 0.15) is 0 Å². The molecule has 0 fully saturated rings. The maximum atomic E-state index is 7.15. The third-order valence-corrected chi connectivity index (χ3v) is 27.6. The van der Waals surface area contributed by atoms with E-state index in [1.807, 2.05) is 0 Å². The minimum absolute atomic E-state index is 0.0465. The first-order valence-electron chi connectivity index (χ1n) is 6.80. The zero-order chi connectivity index (χ0) is 14.3. The van der Waals surface area contributed by atoms with E-state index in [1.165, 1.54) is 11.1 Å². The van der Waals surface area contributed by atoms with Crippen molar-refractivity contribution in [1.82, 2.24) is 3.80 Å². The minimum atomic E-state index is -3.69. The van der Waals surface area contributed by atoms with Crippen LogP contribution < -0.4 is 3.80 Å². The van der Waals surface area contributed by atoms with Crippen LogP contribution in [-0.4, -0.2) is 12.9 Å². The van der Waals surface area contributed by atoms with E-state index in [1.54, 1.807) is 0 Å². The summed E-state index contributed by atoms with van der Waals surface area (Å²) in [6, 6.07) is 8.45. The molecular weight excluding hydrogens is 329 g/mol. The fourth-order valence-electron chi connectivity index (χ4n) is 2.89. The molecule has 0 aromatic heterocycles. The molecule has 5 heteroatoms. The van der Waals surface area contributed by atoms with Gasteiger partial charge in [0.05, 0.1) is 0 Å². The first kappa shape index (κ1) is 15.8. The molecule has 1 unspecified atom stereocenters. The van der Waals surface area contributed by atoms with E-state index in [0.717, 1.165) is 0 Å². The van der Waals surface area contributed by atoms with Crippen LogP contribution in [0.25, 0.3) is 6.08 Å². The van der Waals surface area contributed by atoms with Crippen LogP contribution >= 0.6 is 18.6 Å². The number of nitrogens with one attached hydrogen (secondary N) is 1. The van der Waals surface area contributed by atoms with Gasteiger partial charge in [0, 0.05) is 0 Å². The monoisotopic (exact) mass is 350 g/mol. The molecule has 0 spiro atoms. The summed E-state index contributed by atoms with van der Waals surface area (Å²) in [4.78, 5) is 0. The molecule has 0 aliphatic heterocycles. The van der Waals surface area contributed by atoms with Crippen molar-refractivity contribution in [2.75, 3.05) is 0 Å². The Kier molecular flexibility index (Phi) is 4.17. The molecule has 1 nitrogen and oxygen atoms in total. The molecule has 1 aromatic rings. The average Bonchev–Trinajstić information content (AvgIpc) is 2.71. The molecule has 1 aliphatic rings. The van der Waals surface area contributed by atoms with Crippen molar-refractivity contribution in [3.63, 3.8) is 0 Å². The van der Waals surface area contributed by atoms with E-state index in [9.17, 15) is 0 Å². The number of hydrogen-bond acceptors (Lipinski definition) is 1. The predicted molar refractivity (Wildman–Crippen MR) is 87.2 cm³/mol. The van der Waals surface area contributed by atoms with Crippen LogP contribution in [0.2, 0.25) is 6.55 Å². The summed E-state index contributed by atoms with van der Waals surface area (Å²) in [7, 11) is 13.8. The second-order valence-electron chi connectivity index (χ2n) is 6.47. The fourth-order valence-corrected chi connectivity index (χ4v) is 18.7. The third kappa shape index (κ3) is 3.20.